The van der Waals surface area contributed by atoms with Crippen LogP contribution in [-0.2, 0) is 0 Å². The number of piperidine rings is 1. The van der Waals surface area contributed by atoms with Gasteiger partial charge in [-0.3, -0.25) is 4.79 Å². The summed E-state index contributed by atoms with van der Waals surface area (Å²) < 4.78 is 0.950. The molecule has 0 saturated carbocycles. The molecule has 2 rings (SSSR count). The second kappa shape index (κ2) is 5.85. The van der Waals surface area contributed by atoms with Crippen molar-refractivity contribution in [2.75, 3.05) is 6.54 Å². The molecule has 2 unspecified atom stereocenters. The fraction of sp³-hybridized carbons (Fsp3) is 0.500. The van der Waals surface area contributed by atoms with E-state index in [1.54, 1.807) is 0 Å². The Labute approximate surface area is 116 Å². The highest BCUT2D eigenvalue weighted by Gasteiger charge is 2.20. The SMILES string of the molecule is Cc1cc(Br)cc(C(=O)NC2CCNC(C)C2)c1. The number of hydrogen-bond acceptors (Lipinski definition) is 2. The summed E-state index contributed by atoms with van der Waals surface area (Å²) in [6.07, 6.45) is 2.00. The van der Waals surface area contributed by atoms with E-state index in [0.29, 0.717) is 6.04 Å². The molecule has 0 aliphatic carbocycles. The summed E-state index contributed by atoms with van der Waals surface area (Å²) >= 11 is 3.43. The van der Waals surface area contributed by atoms with Gasteiger partial charge in [-0.05, 0) is 57.0 Å². The molecule has 2 atom stereocenters. The largest absolute Gasteiger partial charge is 0.349 e. The molecule has 3 nitrogen and oxygen atoms in total. The maximum Gasteiger partial charge on any atom is 0.251 e. The van der Waals surface area contributed by atoms with E-state index in [9.17, 15) is 4.79 Å². The standard InChI is InChI=1S/C14H19BrN2O/c1-9-5-11(8-12(15)6-9)14(18)17-13-3-4-16-10(2)7-13/h5-6,8,10,13,16H,3-4,7H2,1-2H3,(H,17,18). The lowest BCUT2D eigenvalue weighted by atomic mass is 10.00. The average molecular weight is 311 g/mol. The Bertz CT molecular complexity index is 427. The van der Waals surface area contributed by atoms with Crippen molar-refractivity contribution in [1.82, 2.24) is 10.6 Å². The first-order chi connectivity index (χ1) is 8.54. The van der Waals surface area contributed by atoms with Gasteiger partial charge in [-0.15, -0.1) is 0 Å². The Morgan fingerprint density at radius 1 is 1.44 bits per heavy atom. The summed E-state index contributed by atoms with van der Waals surface area (Å²) in [5.41, 5.74) is 1.82. The van der Waals surface area contributed by atoms with Crippen LogP contribution in [0.25, 0.3) is 0 Å². The van der Waals surface area contributed by atoms with Crippen LogP contribution in [0.5, 0.6) is 0 Å². The van der Waals surface area contributed by atoms with Gasteiger partial charge in [0.1, 0.15) is 0 Å². The highest BCUT2D eigenvalue weighted by molar-refractivity contribution is 9.10. The van der Waals surface area contributed by atoms with Crippen molar-refractivity contribution in [2.45, 2.75) is 38.8 Å². The minimum atomic E-state index is 0.0264. The van der Waals surface area contributed by atoms with Crippen LogP contribution < -0.4 is 10.6 Å². The Morgan fingerprint density at radius 3 is 2.89 bits per heavy atom. The van der Waals surface area contributed by atoms with Crippen molar-refractivity contribution in [3.8, 4) is 0 Å². The zero-order valence-electron chi connectivity index (χ0n) is 10.8. The number of aryl methyl sites for hydroxylation is 1. The number of amides is 1. The van der Waals surface area contributed by atoms with Gasteiger partial charge in [0.05, 0.1) is 0 Å². The number of carbonyl (C=O) groups is 1. The summed E-state index contributed by atoms with van der Waals surface area (Å²) in [4.78, 5) is 12.2. The van der Waals surface area contributed by atoms with Crippen LogP contribution in [0.1, 0.15) is 35.7 Å². The van der Waals surface area contributed by atoms with Crippen LogP contribution in [0.2, 0.25) is 0 Å². The molecular weight excluding hydrogens is 292 g/mol. The molecule has 1 aromatic carbocycles. The molecule has 0 spiro atoms. The number of halogens is 1. The van der Waals surface area contributed by atoms with E-state index in [0.717, 1.165) is 35.0 Å². The lowest BCUT2D eigenvalue weighted by Gasteiger charge is -2.28. The van der Waals surface area contributed by atoms with Crippen LogP contribution in [0.15, 0.2) is 22.7 Å². The number of rotatable bonds is 2. The van der Waals surface area contributed by atoms with Gasteiger partial charge in [-0.1, -0.05) is 15.9 Å². The van der Waals surface area contributed by atoms with Crippen LogP contribution in [0.3, 0.4) is 0 Å². The molecular formula is C14H19BrN2O. The lowest BCUT2D eigenvalue weighted by molar-refractivity contribution is 0.0925. The number of nitrogens with one attached hydrogen (secondary N) is 2. The molecule has 2 N–H and O–H groups in total. The van der Waals surface area contributed by atoms with Crippen molar-refractivity contribution >= 4 is 21.8 Å². The third-order valence-corrected chi connectivity index (χ3v) is 3.72. The summed E-state index contributed by atoms with van der Waals surface area (Å²) in [5.74, 6) is 0.0264. The Balaban J connectivity index is 2.02. The topological polar surface area (TPSA) is 41.1 Å². The van der Waals surface area contributed by atoms with E-state index in [-0.39, 0.29) is 11.9 Å². The molecule has 1 saturated heterocycles. The maximum absolute atomic E-state index is 12.2. The lowest BCUT2D eigenvalue weighted by Crippen LogP contribution is -2.46. The number of benzene rings is 1. The van der Waals surface area contributed by atoms with E-state index in [4.69, 9.17) is 0 Å². The Hall–Kier alpha value is -0.870. The summed E-state index contributed by atoms with van der Waals surface area (Å²) in [5, 5.41) is 6.50. The van der Waals surface area contributed by atoms with E-state index in [1.807, 2.05) is 25.1 Å². The van der Waals surface area contributed by atoms with Gasteiger partial charge < -0.3 is 10.6 Å². The molecule has 0 radical (unpaired) electrons. The molecule has 98 valence electrons. The fourth-order valence-corrected chi connectivity index (χ4v) is 3.01. The quantitative estimate of drug-likeness (QED) is 0.881. The smallest absolute Gasteiger partial charge is 0.251 e. The zero-order valence-corrected chi connectivity index (χ0v) is 12.4. The van der Waals surface area contributed by atoms with E-state index >= 15 is 0 Å². The number of hydrogen-bond donors (Lipinski definition) is 2. The second-order valence-corrected chi connectivity index (χ2v) is 5.98. The van der Waals surface area contributed by atoms with Crippen molar-refractivity contribution in [3.63, 3.8) is 0 Å². The van der Waals surface area contributed by atoms with Gasteiger partial charge in [0, 0.05) is 22.1 Å². The Morgan fingerprint density at radius 2 is 2.22 bits per heavy atom. The van der Waals surface area contributed by atoms with Crippen LogP contribution in [0.4, 0.5) is 0 Å². The maximum atomic E-state index is 12.2. The normalized spacial score (nSPS) is 23.7. The van der Waals surface area contributed by atoms with Crippen LogP contribution >= 0.6 is 15.9 Å². The minimum Gasteiger partial charge on any atom is -0.349 e. The monoisotopic (exact) mass is 310 g/mol. The summed E-state index contributed by atoms with van der Waals surface area (Å²) in [6, 6.07) is 6.56. The average Bonchev–Trinajstić information content (AvgIpc) is 2.27. The van der Waals surface area contributed by atoms with Gasteiger partial charge in [0.25, 0.3) is 5.91 Å². The number of carbonyl (C=O) groups excluding carboxylic acids is 1. The molecule has 1 amide bonds. The predicted molar refractivity (Wildman–Crippen MR) is 76.8 cm³/mol. The third-order valence-electron chi connectivity index (χ3n) is 3.26. The molecule has 1 heterocycles. The summed E-state index contributed by atoms with van der Waals surface area (Å²) in [7, 11) is 0. The van der Waals surface area contributed by atoms with Gasteiger partial charge in [-0.25, -0.2) is 0 Å². The zero-order chi connectivity index (χ0) is 13.1. The molecule has 0 aromatic heterocycles. The molecule has 1 aliphatic rings. The van der Waals surface area contributed by atoms with E-state index < -0.39 is 0 Å². The van der Waals surface area contributed by atoms with Gasteiger partial charge >= 0.3 is 0 Å². The van der Waals surface area contributed by atoms with Crippen molar-refractivity contribution in [3.05, 3.63) is 33.8 Å². The van der Waals surface area contributed by atoms with E-state index in [2.05, 4.69) is 33.5 Å². The molecule has 1 aliphatic heterocycles. The molecule has 18 heavy (non-hydrogen) atoms. The van der Waals surface area contributed by atoms with Gasteiger partial charge in [0.2, 0.25) is 0 Å². The first-order valence-electron chi connectivity index (χ1n) is 6.36. The highest BCUT2D eigenvalue weighted by atomic mass is 79.9. The highest BCUT2D eigenvalue weighted by Crippen LogP contribution is 2.16. The van der Waals surface area contributed by atoms with Gasteiger partial charge in [-0.2, -0.15) is 0 Å². The minimum absolute atomic E-state index is 0.0264. The summed E-state index contributed by atoms with van der Waals surface area (Å²) in [6.45, 7) is 5.12. The first kappa shape index (κ1) is 13.6. The van der Waals surface area contributed by atoms with Gasteiger partial charge in [0.15, 0.2) is 0 Å². The predicted octanol–water partition coefficient (Wildman–Crippen LogP) is 2.63. The van der Waals surface area contributed by atoms with Crippen LogP contribution in [0, 0.1) is 6.92 Å². The fourth-order valence-electron chi connectivity index (χ4n) is 2.40. The molecule has 0 bridgehead atoms. The molecule has 1 aromatic rings. The third kappa shape index (κ3) is 3.56. The van der Waals surface area contributed by atoms with Crippen molar-refractivity contribution in [2.24, 2.45) is 0 Å². The second-order valence-electron chi connectivity index (χ2n) is 5.07. The Kier molecular flexibility index (Phi) is 4.40. The molecule has 4 heteroatoms. The first-order valence-corrected chi connectivity index (χ1v) is 7.15. The van der Waals surface area contributed by atoms with Crippen molar-refractivity contribution in [1.29, 1.82) is 0 Å². The van der Waals surface area contributed by atoms with E-state index in [1.165, 1.54) is 0 Å². The van der Waals surface area contributed by atoms with Crippen LogP contribution in [-0.4, -0.2) is 24.5 Å². The molecule has 1 fully saturated rings. The van der Waals surface area contributed by atoms with Crippen molar-refractivity contribution < 1.29 is 4.79 Å².